The Kier molecular flexibility index (Phi) is 6.96. The van der Waals surface area contributed by atoms with Crippen LogP contribution in [0.3, 0.4) is 0 Å². The van der Waals surface area contributed by atoms with Crippen molar-refractivity contribution in [2.45, 2.75) is 6.92 Å². The molecule has 0 bridgehead atoms. The molecular weight excluding hydrogens is 390 g/mol. The number of nitrogens with one attached hydrogen (secondary N) is 2. The maximum absolute atomic E-state index is 12.7. The third kappa shape index (κ3) is 5.45. The Labute approximate surface area is 181 Å². The van der Waals surface area contributed by atoms with Gasteiger partial charge in [0, 0.05) is 24.5 Å². The van der Waals surface area contributed by atoms with Gasteiger partial charge in [-0.3, -0.25) is 14.5 Å². The van der Waals surface area contributed by atoms with Gasteiger partial charge in [0.15, 0.2) is 0 Å². The van der Waals surface area contributed by atoms with Gasteiger partial charge in [-0.1, -0.05) is 42.0 Å². The van der Waals surface area contributed by atoms with Crippen LogP contribution in [0.15, 0.2) is 85.1 Å². The maximum atomic E-state index is 12.7. The minimum Gasteiger partial charge on any atom is -0.340 e. The van der Waals surface area contributed by atoms with Gasteiger partial charge in [0.1, 0.15) is 6.29 Å². The van der Waals surface area contributed by atoms with Crippen LogP contribution in [0.4, 0.5) is 16.2 Å². The van der Waals surface area contributed by atoms with Crippen LogP contribution in [-0.4, -0.2) is 25.3 Å². The highest BCUT2D eigenvalue weighted by molar-refractivity contribution is 6.05. The molecule has 0 atom stereocenters. The molecule has 3 amide bonds. The molecule has 0 aliphatic heterocycles. The zero-order valence-electron chi connectivity index (χ0n) is 17.3. The highest BCUT2D eigenvalue weighted by Crippen LogP contribution is 2.23. The van der Waals surface area contributed by atoms with Gasteiger partial charge in [-0.15, -0.1) is 0 Å². The number of hydrogen-bond donors (Lipinski definition) is 2. The largest absolute Gasteiger partial charge is 0.340 e. The fourth-order valence-electron chi connectivity index (χ4n) is 3.09. The van der Waals surface area contributed by atoms with Crippen LogP contribution < -0.4 is 15.5 Å². The molecule has 0 heterocycles. The molecule has 0 spiro atoms. The van der Waals surface area contributed by atoms with Gasteiger partial charge in [0.2, 0.25) is 0 Å². The second-order valence-corrected chi connectivity index (χ2v) is 6.85. The first-order valence-electron chi connectivity index (χ1n) is 9.73. The van der Waals surface area contributed by atoms with Crippen LogP contribution in [0.2, 0.25) is 0 Å². The number of rotatable bonds is 6. The van der Waals surface area contributed by atoms with Crippen molar-refractivity contribution in [3.8, 4) is 11.1 Å². The predicted molar refractivity (Wildman–Crippen MR) is 123 cm³/mol. The molecule has 3 rings (SSSR count). The fraction of sp³-hybridized carbons (Fsp3) is 0.0800. The van der Waals surface area contributed by atoms with Crippen LogP contribution in [0, 0.1) is 6.92 Å². The summed E-state index contributed by atoms with van der Waals surface area (Å²) in [6.45, 7) is 2.03. The summed E-state index contributed by atoms with van der Waals surface area (Å²) >= 11 is 0. The van der Waals surface area contributed by atoms with Crippen molar-refractivity contribution >= 4 is 29.6 Å². The number of anilines is 2. The van der Waals surface area contributed by atoms with Crippen LogP contribution in [-0.2, 0) is 4.79 Å². The van der Waals surface area contributed by atoms with Crippen LogP contribution in [0.5, 0.6) is 0 Å². The third-order valence-corrected chi connectivity index (χ3v) is 4.63. The van der Waals surface area contributed by atoms with Gasteiger partial charge in [-0.2, -0.15) is 0 Å². The molecule has 0 saturated heterocycles. The quantitative estimate of drug-likeness (QED) is 0.451. The Balaban J connectivity index is 1.76. The van der Waals surface area contributed by atoms with Crippen molar-refractivity contribution in [2.24, 2.45) is 0 Å². The summed E-state index contributed by atoms with van der Waals surface area (Å²) in [5, 5.41) is 5.38. The summed E-state index contributed by atoms with van der Waals surface area (Å²) in [7, 11) is 1.50. The van der Waals surface area contributed by atoms with Gasteiger partial charge in [-0.05, 0) is 60.5 Å². The molecule has 156 valence electrons. The minimum atomic E-state index is -0.386. The summed E-state index contributed by atoms with van der Waals surface area (Å²) in [6.07, 6.45) is 3.19. The van der Waals surface area contributed by atoms with Crippen molar-refractivity contribution < 1.29 is 14.4 Å². The Morgan fingerprint density at radius 3 is 2.23 bits per heavy atom. The van der Waals surface area contributed by atoms with E-state index in [1.165, 1.54) is 24.2 Å². The van der Waals surface area contributed by atoms with E-state index >= 15 is 0 Å². The van der Waals surface area contributed by atoms with E-state index in [9.17, 15) is 14.4 Å². The molecule has 6 heteroatoms. The molecular formula is C25H23N3O3. The van der Waals surface area contributed by atoms with Gasteiger partial charge in [0.25, 0.3) is 5.91 Å². The Morgan fingerprint density at radius 2 is 1.58 bits per heavy atom. The average molecular weight is 413 g/mol. The number of amides is 3. The monoisotopic (exact) mass is 413 g/mol. The normalized spacial score (nSPS) is 10.5. The van der Waals surface area contributed by atoms with E-state index in [-0.39, 0.29) is 11.9 Å². The van der Waals surface area contributed by atoms with Crippen LogP contribution in [0.25, 0.3) is 11.1 Å². The van der Waals surface area contributed by atoms with Crippen LogP contribution in [0.1, 0.15) is 15.9 Å². The predicted octanol–water partition coefficient (Wildman–Crippen LogP) is 4.77. The molecule has 6 nitrogen and oxygen atoms in total. The molecule has 0 aromatic heterocycles. The molecule has 0 radical (unpaired) electrons. The number of urea groups is 1. The van der Waals surface area contributed by atoms with Gasteiger partial charge < -0.3 is 10.6 Å². The molecule has 2 N–H and O–H groups in total. The Morgan fingerprint density at radius 1 is 0.903 bits per heavy atom. The summed E-state index contributed by atoms with van der Waals surface area (Å²) in [5.41, 5.74) is 4.86. The number of benzene rings is 3. The highest BCUT2D eigenvalue weighted by Gasteiger charge is 2.12. The van der Waals surface area contributed by atoms with E-state index in [1.54, 1.807) is 30.3 Å². The average Bonchev–Trinajstić information content (AvgIpc) is 2.80. The second kappa shape index (κ2) is 10.0. The SMILES string of the molecule is CNC(=O)N(/C=C\C=O)c1ccc(NC(=O)c2cccc(-c3cccc(C)c3)c2)cc1. The summed E-state index contributed by atoms with van der Waals surface area (Å²) in [5.74, 6) is -0.230. The van der Waals surface area contributed by atoms with E-state index in [1.807, 2.05) is 43.3 Å². The number of nitrogens with zero attached hydrogens (tertiary/aromatic N) is 1. The first kappa shape index (κ1) is 21.5. The van der Waals surface area contributed by atoms with Crippen molar-refractivity contribution in [1.29, 1.82) is 0 Å². The number of aryl methyl sites for hydroxylation is 1. The van der Waals surface area contributed by atoms with E-state index in [0.29, 0.717) is 23.2 Å². The topological polar surface area (TPSA) is 78.5 Å². The van der Waals surface area contributed by atoms with Gasteiger partial charge in [-0.25, -0.2) is 4.79 Å². The number of aldehydes is 1. The van der Waals surface area contributed by atoms with Crippen molar-refractivity contribution in [3.05, 3.63) is 96.2 Å². The standard InChI is InChI=1S/C25H23N3O3/c1-18-6-3-7-19(16-18)20-8-4-9-21(17-20)24(30)27-22-10-12-23(13-11-22)28(14-5-15-29)25(31)26-2/h3-17H,1-2H3,(H,26,31)(H,27,30)/b14-5-. The molecule has 0 aliphatic carbocycles. The lowest BCUT2D eigenvalue weighted by Crippen LogP contribution is -2.34. The summed E-state index contributed by atoms with van der Waals surface area (Å²) in [6, 6.07) is 21.9. The fourth-order valence-corrected chi connectivity index (χ4v) is 3.09. The third-order valence-electron chi connectivity index (χ3n) is 4.63. The highest BCUT2D eigenvalue weighted by atomic mass is 16.2. The number of carbonyl (C=O) groups is 3. The first-order valence-corrected chi connectivity index (χ1v) is 9.73. The number of hydrogen-bond acceptors (Lipinski definition) is 3. The number of allylic oxidation sites excluding steroid dienone is 1. The second-order valence-electron chi connectivity index (χ2n) is 6.85. The van der Waals surface area contributed by atoms with E-state index in [2.05, 4.69) is 16.7 Å². The van der Waals surface area contributed by atoms with Crippen molar-refractivity contribution in [2.75, 3.05) is 17.3 Å². The molecule has 3 aromatic carbocycles. The molecule has 0 aliphatic rings. The van der Waals surface area contributed by atoms with Gasteiger partial charge >= 0.3 is 6.03 Å². The zero-order chi connectivity index (χ0) is 22.2. The van der Waals surface area contributed by atoms with E-state index in [4.69, 9.17) is 0 Å². The van der Waals surface area contributed by atoms with Crippen LogP contribution >= 0.6 is 0 Å². The lowest BCUT2D eigenvalue weighted by Gasteiger charge is -2.18. The molecule has 31 heavy (non-hydrogen) atoms. The molecule has 0 fully saturated rings. The van der Waals surface area contributed by atoms with Crippen molar-refractivity contribution in [3.63, 3.8) is 0 Å². The van der Waals surface area contributed by atoms with Gasteiger partial charge in [0.05, 0.1) is 5.69 Å². The molecule has 0 saturated carbocycles. The summed E-state index contributed by atoms with van der Waals surface area (Å²) in [4.78, 5) is 36.7. The Bertz CT molecular complexity index is 1120. The van der Waals surface area contributed by atoms with E-state index in [0.717, 1.165) is 16.7 Å². The minimum absolute atomic E-state index is 0.230. The van der Waals surface area contributed by atoms with E-state index < -0.39 is 0 Å². The Hall–Kier alpha value is -4.19. The number of carbonyl (C=O) groups excluding carboxylic acids is 3. The summed E-state index contributed by atoms with van der Waals surface area (Å²) < 4.78 is 0. The first-order chi connectivity index (χ1) is 15.0. The molecule has 0 unspecified atom stereocenters. The zero-order valence-corrected chi connectivity index (χ0v) is 17.3. The molecule has 3 aromatic rings. The smallest absolute Gasteiger partial charge is 0.325 e. The maximum Gasteiger partial charge on any atom is 0.325 e. The lowest BCUT2D eigenvalue weighted by molar-refractivity contribution is -0.104. The lowest BCUT2D eigenvalue weighted by atomic mass is 10.0. The van der Waals surface area contributed by atoms with Crippen molar-refractivity contribution in [1.82, 2.24) is 5.32 Å².